The Morgan fingerprint density at radius 1 is 1.11 bits per heavy atom. The van der Waals surface area contributed by atoms with Crippen molar-refractivity contribution >= 4 is 49.9 Å². The first-order valence-electron chi connectivity index (χ1n) is 11.6. The predicted molar refractivity (Wildman–Crippen MR) is 142 cm³/mol. The lowest BCUT2D eigenvalue weighted by Crippen LogP contribution is -2.40. The zero-order valence-corrected chi connectivity index (χ0v) is 23.4. The molecule has 0 aliphatic rings. The molecule has 0 saturated heterocycles. The standard InChI is InChI=1S/C24H28ClN5O7S/c1-24(2,3)37-23(33)30-16(12-14-11-15(25)7-8-17(14)30)13-29-21(31)19-20(28(5)22(29)32)26-18(27(19)4)9-10-36-38(6,34)35/h7-8,11-12H,9-10,13H2,1-6H3. The molecule has 3 aromatic heterocycles. The third-order valence-corrected chi connectivity index (χ3v) is 6.64. The van der Waals surface area contributed by atoms with Crippen LogP contribution in [0.4, 0.5) is 4.79 Å². The van der Waals surface area contributed by atoms with Crippen LogP contribution < -0.4 is 11.2 Å². The van der Waals surface area contributed by atoms with Crippen LogP contribution in [0.25, 0.3) is 22.1 Å². The summed E-state index contributed by atoms with van der Waals surface area (Å²) in [7, 11) is -0.567. The number of aromatic nitrogens is 5. The number of carbonyl (C=O) groups is 1. The molecule has 12 nitrogen and oxygen atoms in total. The van der Waals surface area contributed by atoms with E-state index < -0.39 is 33.1 Å². The molecule has 204 valence electrons. The summed E-state index contributed by atoms with van der Waals surface area (Å²) in [4.78, 5) is 44.4. The summed E-state index contributed by atoms with van der Waals surface area (Å²) >= 11 is 6.16. The van der Waals surface area contributed by atoms with Gasteiger partial charge in [0.2, 0.25) is 0 Å². The maximum atomic E-state index is 13.6. The first-order valence-corrected chi connectivity index (χ1v) is 13.8. The molecule has 4 aromatic rings. The number of aryl methyl sites for hydroxylation is 2. The van der Waals surface area contributed by atoms with Gasteiger partial charge in [-0.3, -0.25) is 18.1 Å². The molecule has 0 saturated carbocycles. The summed E-state index contributed by atoms with van der Waals surface area (Å²) in [5, 5.41) is 1.10. The van der Waals surface area contributed by atoms with Crippen LogP contribution in [0.3, 0.4) is 0 Å². The van der Waals surface area contributed by atoms with Gasteiger partial charge in [-0.2, -0.15) is 8.42 Å². The zero-order valence-electron chi connectivity index (χ0n) is 21.8. The van der Waals surface area contributed by atoms with E-state index in [1.807, 2.05) is 0 Å². The monoisotopic (exact) mass is 565 g/mol. The molecule has 38 heavy (non-hydrogen) atoms. The van der Waals surface area contributed by atoms with Crippen LogP contribution in [0.2, 0.25) is 5.02 Å². The van der Waals surface area contributed by atoms with Crippen LogP contribution >= 0.6 is 11.6 Å². The van der Waals surface area contributed by atoms with Crippen LogP contribution in [0.1, 0.15) is 32.3 Å². The van der Waals surface area contributed by atoms with Gasteiger partial charge in [-0.25, -0.2) is 19.1 Å². The number of nitrogens with zero attached hydrogens (tertiary/aromatic N) is 5. The minimum atomic E-state index is -3.64. The Labute approximate surface area is 223 Å². The van der Waals surface area contributed by atoms with Crippen molar-refractivity contribution in [1.82, 2.24) is 23.3 Å². The number of fused-ring (bicyclic) bond motifs is 2. The molecule has 4 rings (SSSR count). The fraction of sp³-hybridized carbons (Fsp3) is 0.417. The zero-order chi connectivity index (χ0) is 28.2. The lowest BCUT2D eigenvalue weighted by molar-refractivity contribution is 0.0539. The summed E-state index contributed by atoms with van der Waals surface area (Å²) < 4.78 is 38.0. The maximum absolute atomic E-state index is 13.6. The predicted octanol–water partition coefficient (Wildman–Crippen LogP) is 2.39. The van der Waals surface area contributed by atoms with Gasteiger partial charge in [0.1, 0.15) is 11.4 Å². The van der Waals surface area contributed by atoms with Gasteiger partial charge in [-0.1, -0.05) is 11.6 Å². The van der Waals surface area contributed by atoms with Gasteiger partial charge in [0.25, 0.3) is 15.7 Å². The normalized spacial score (nSPS) is 12.5. The number of imidazole rings is 1. The second-order valence-corrected chi connectivity index (χ2v) is 12.0. The summed E-state index contributed by atoms with van der Waals surface area (Å²) in [6, 6.07) is 6.66. The van der Waals surface area contributed by atoms with Gasteiger partial charge >= 0.3 is 11.8 Å². The fourth-order valence-corrected chi connectivity index (χ4v) is 4.75. The topological polar surface area (TPSA) is 136 Å². The number of carbonyl (C=O) groups excluding carboxylic acids is 1. The van der Waals surface area contributed by atoms with Crippen molar-refractivity contribution in [1.29, 1.82) is 0 Å². The van der Waals surface area contributed by atoms with E-state index in [0.717, 1.165) is 10.8 Å². The highest BCUT2D eigenvalue weighted by Gasteiger charge is 2.25. The van der Waals surface area contributed by atoms with E-state index in [-0.39, 0.29) is 30.7 Å². The summed E-state index contributed by atoms with van der Waals surface area (Å²) in [6.45, 7) is 4.81. The van der Waals surface area contributed by atoms with Crippen LogP contribution in [-0.2, 0) is 46.1 Å². The summed E-state index contributed by atoms with van der Waals surface area (Å²) in [5.41, 5.74) is -0.893. The van der Waals surface area contributed by atoms with E-state index in [1.54, 1.807) is 52.1 Å². The van der Waals surface area contributed by atoms with E-state index in [0.29, 0.717) is 27.4 Å². The van der Waals surface area contributed by atoms with E-state index >= 15 is 0 Å². The smallest absolute Gasteiger partial charge is 0.419 e. The molecule has 0 N–H and O–H groups in total. The number of hydrogen-bond acceptors (Lipinski definition) is 8. The van der Waals surface area contributed by atoms with E-state index in [4.69, 9.17) is 20.5 Å². The molecule has 0 fully saturated rings. The molecule has 0 amide bonds. The Balaban J connectivity index is 1.84. The largest absolute Gasteiger partial charge is 0.443 e. The minimum absolute atomic E-state index is 0.0967. The highest BCUT2D eigenvalue weighted by molar-refractivity contribution is 7.85. The van der Waals surface area contributed by atoms with Gasteiger partial charge in [0.15, 0.2) is 11.2 Å². The van der Waals surface area contributed by atoms with Crippen molar-refractivity contribution in [2.24, 2.45) is 14.1 Å². The molecule has 0 spiro atoms. The molecular formula is C24H28ClN5O7S. The Kier molecular flexibility index (Phi) is 7.06. The third-order valence-electron chi connectivity index (χ3n) is 5.81. The molecule has 14 heteroatoms. The Morgan fingerprint density at radius 3 is 2.42 bits per heavy atom. The number of benzene rings is 1. The molecule has 3 heterocycles. The highest BCUT2D eigenvalue weighted by atomic mass is 35.5. The van der Waals surface area contributed by atoms with Gasteiger partial charge in [0, 0.05) is 30.9 Å². The lowest BCUT2D eigenvalue weighted by Gasteiger charge is -2.21. The van der Waals surface area contributed by atoms with Gasteiger partial charge in [-0.15, -0.1) is 0 Å². The van der Waals surface area contributed by atoms with E-state index in [9.17, 15) is 22.8 Å². The summed E-state index contributed by atoms with van der Waals surface area (Å²) in [5.74, 6) is 0.367. The summed E-state index contributed by atoms with van der Waals surface area (Å²) in [6.07, 6.45) is 0.374. The Hall–Kier alpha value is -3.42. The maximum Gasteiger partial charge on any atom is 0.419 e. The molecule has 0 aliphatic heterocycles. The number of rotatable bonds is 6. The Bertz CT molecular complexity index is 1810. The molecule has 0 aliphatic carbocycles. The number of hydrogen-bond donors (Lipinski definition) is 0. The fourth-order valence-electron chi connectivity index (χ4n) is 4.18. The Morgan fingerprint density at radius 2 is 1.79 bits per heavy atom. The molecule has 1 aromatic carbocycles. The molecule has 0 radical (unpaired) electrons. The SMILES string of the molecule is Cn1c(CCOS(C)(=O)=O)nc2c1c(=O)n(Cc1cc3cc(Cl)ccc3n1C(=O)OC(C)(C)C)c(=O)n2C. The van der Waals surface area contributed by atoms with Gasteiger partial charge in [-0.05, 0) is 45.0 Å². The first kappa shape index (κ1) is 27.6. The van der Waals surface area contributed by atoms with Crippen molar-refractivity contribution in [3.05, 3.63) is 61.6 Å². The average molecular weight is 566 g/mol. The molecular weight excluding hydrogens is 538 g/mol. The van der Waals surface area contributed by atoms with Crippen molar-refractivity contribution in [2.45, 2.75) is 39.3 Å². The second-order valence-electron chi connectivity index (χ2n) is 9.92. The third kappa shape index (κ3) is 5.40. The molecule has 0 atom stereocenters. The quantitative estimate of drug-likeness (QED) is 0.325. The minimum Gasteiger partial charge on any atom is -0.443 e. The van der Waals surface area contributed by atoms with E-state index in [2.05, 4.69) is 4.98 Å². The first-order chi connectivity index (χ1) is 17.6. The second kappa shape index (κ2) is 9.71. The van der Waals surface area contributed by atoms with Gasteiger partial charge in [0.05, 0.1) is 30.6 Å². The van der Waals surface area contributed by atoms with Crippen molar-refractivity contribution in [3.63, 3.8) is 0 Å². The van der Waals surface area contributed by atoms with Crippen LogP contribution in [0.15, 0.2) is 33.9 Å². The highest BCUT2D eigenvalue weighted by Crippen LogP contribution is 2.25. The van der Waals surface area contributed by atoms with Crippen molar-refractivity contribution in [3.8, 4) is 0 Å². The van der Waals surface area contributed by atoms with Crippen LogP contribution in [0.5, 0.6) is 0 Å². The van der Waals surface area contributed by atoms with Gasteiger partial charge < -0.3 is 9.30 Å². The van der Waals surface area contributed by atoms with Crippen molar-refractivity contribution < 1.29 is 22.1 Å². The average Bonchev–Trinajstić information content (AvgIpc) is 3.30. The number of halogens is 1. The van der Waals surface area contributed by atoms with Crippen LogP contribution in [0, 0.1) is 0 Å². The lowest BCUT2D eigenvalue weighted by atomic mass is 10.2. The van der Waals surface area contributed by atoms with Crippen molar-refractivity contribution in [2.75, 3.05) is 12.9 Å². The molecule has 0 unspecified atom stereocenters. The van der Waals surface area contributed by atoms with E-state index in [1.165, 1.54) is 20.7 Å². The molecule has 0 bridgehead atoms. The van der Waals surface area contributed by atoms with Crippen LogP contribution in [-0.4, -0.2) is 56.2 Å². The number of ether oxygens (including phenoxy) is 1.